The van der Waals surface area contributed by atoms with Crippen molar-refractivity contribution in [2.24, 2.45) is 23.7 Å². The van der Waals surface area contributed by atoms with Crippen molar-refractivity contribution in [1.29, 1.82) is 0 Å². The molecule has 0 spiro atoms. The van der Waals surface area contributed by atoms with Crippen LogP contribution in [0.1, 0.15) is 50.3 Å². The van der Waals surface area contributed by atoms with E-state index in [0.717, 1.165) is 40.2 Å². The number of alkyl halides is 3. The number of hydrogen-bond donors (Lipinski definition) is 1. The normalized spacial score (nSPS) is 27.8. The monoisotopic (exact) mass is 489 g/mol. The number of carbonyl (C=O) groups is 2. The Morgan fingerprint density at radius 1 is 1.12 bits per heavy atom. The van der Waals surface area contributed by atoms with E-state index in [-0.39, 0.29) is 22.8 Å². The maximum Gasteiger partial charge on any atom is 0.416 e. The topological polar surface area (TPSA) is 62.3 Å². The highest BCUT2D eigenvalue weighted by Gasteiger charge is 2.48. The molecule has 4 bridgehead atoms. The number of rotatable bonds is 5. The van der Waals surface area contributed by atoms with E-state index in [2.05, 4.69) is 10.3 Å². The third-order valence-corrected chi connectivity index (χ3v) is 8.23. The van der Waals surface area contributed by atoms with Gasteiger partial charge in [0.05, 0.1) is 16.9 Å². The van der Waals surface area contributed by atoms with Gasteiger partial charge >= 0.3 is 6.18 Å². The second-order valence-electron chi connectivity index (χ2n) is 9.76. The number of benzene rings is 1. The van der Waals surface area contributed by atoms with Gasteiger partial charge in [-0.15, -0.1) is 11.3 Å². The minimum atomic E-state index is -4.51. The first-order valence-electron chi connectivity index (χ1n) is 11.6. The van der Waals surface area contributed by atoms with Gasteiger partial charge in [-0.05, 0) is 80.1 Å². The van der Waals surface area contributed by atoms with Gasteiger partial charge < -0.3 is 5.32 Å². The summed E-state index contributed by atoms with van der Waals surface area (Å²) < 4.78 is 39.3. The third kappa shape index (κ3) is 4.62. The third-order valence-electron chi connectivity index (χ3n) is 7.39. The van der Waals surface area contributed by atoms with Gasteiger partial charge in [0.1, 0.15) is 0 Å². The Morgan fingerprint density at radius 2 is 1.79 bits per heavy atom. The molecule has 180 valence electrons. The molecule has 0 atom stereocenters. The molecule has 2 amide bonds. The molecule has 4 fully saturated rings. The molecule has 0 saturated heterocycles. The van der Waals surface area contributed by atoms with Gasteiger partial charge in [0.25, 0.3) is 0 Å². The molecule has 6 rings (SSSR count). The summed E-state index contributed by atoms with van der Waals surface area (Å²) in [7, 11) is 0. The maximum atomic E-state index is 13.1. The average Bonchev–Trinajstić information content (AvgIpc) is 3.22. The Morgan fingerprint density at radius 3 is 2.41 bits per heavy atom. The highest BCUT2D eigenvalue weighted by molar-refractivity contribution is 7.14. The highest BCUT2D eigenvalue weighted by atomic mass is 32.1. The van der Waals surface area contributed by atoms with Crippen molar-refractivity contribution in [3.63, 3.8) is 0 Å². The molecule has 0 unspecified atom stereocenters. The molecule has 0 aliphatic heterocycles. The number of anilines is 2. The van der Waals surface area contributed by atoms with E-state index >= 15 is 0 Å². The molecule has 1 aromatic carbocycles. The first kappa shape index (κ1) is 23.1. The molecule has 1 aromatic heterocycles. The fourth-order valence-corrected chi connectivity index (χ4v) is 7.09. The quantitative estimate of drug-likeness (QED) is 0.540. The van der Waals surface area contributed by atoms with Crippen LogP contribution in [0.2, 0.25) is 0 Å². The standard InChI is InChI=1S/C25H26F3N3O2S/c1-14(32)31(21-4-2-3-19(12-21)25(26,27)28)24-29-20(13-34-24)5-6-22(33)30-23-17-8-15-7-16(10-17)11-18(23)9-15/h2-6,12-13,15-18,23H,7-11H2,1H3,(H,30,33)/b6-5+. The van der Waals surface area contributed by atoms with E-state index in [1.807, 2.05) is 0 Å². The first-order valence-corrected chi connectivity index (χ1v) is 12.5. The van der Waals surface area contributed by atoms with Crippen molar-refractivity contribution in [3.8, 4) is 0 Å². The smallest absolute Gasteiger partial charge is 0.349 e. The van der Waals surface area contributed by atoms with Crippen LogP contribution in [-0.2, 0) is 15.8 Å². The molecule has 1 heterocycles. The molecule has 4 aliphatic carbocycles. The molecule has 9 heteroatoms. The summed E-state index contributed by atoms with van der Waals surface area (Å²) in [6, 6.07) is 4.82. The predicted octanol–water partition coefficient (Wildman–Crippen LogP) is 5.80. The average molecular weight is 490 g/mol. The largest absolute Gasteiger partial charge is 0.416 e. The molecule has 4 saturated carbocycles. The van der Waals surface area contributed by atoms with E-state index in [4.69, 9.17) is 0 Å². The molecule has 0 radical (unpaired) electrons. The number of carbonyl (C=O) groups excluding carboxylic acids is 2. The maximum absolute atomic E-state index is 13.1. The van der Waals surface area contributed by atoms with Crippen molar-refractivity contribution in [2.75, 3.05) is 4.90 Å². The van der Waals surface area contributed by atoms with Crippen LogP contribution in [0.25, 0.3) is 6.08 Å². The van der Waals surface area contributed by atoms with E-state index in [1.165, 1.54) is 57.2 Å². The number of thiazole rings is 1. The Hall–Kier alpha value is -2.68. The summed E-state index contributed by atoms with van der Waals surface area (Å²) in [6.45, 7) is 1.27. The molecular weight excluding hydrogens is 463 g/mol. The summed E-state index contributed by atoms with van der Waals surface area (Å²) in [5, 5.41) is 5.12. The van der Waals surface area contributed by atoms with E-state index in [1.54, 1.807) is 11.5 Å². The van der Waals surface area contributed by atoms with Crippen molar-refractivity contribution >= 4 is 40.0 Å². The number of amides is 2. The zero-order valence-electron chi connectivity index (χ0n) is 18.7. The lowest BCUT2D eigenvalue weighted by Crippen LogP contribution is -2.55. The summed E-state index contributed by atoms with van der Waals surface area (Å²) in [5.41, 5.74) is -0.278. The number of nitrogens with one attached hydrogen (secondary N) is 1. The molecule has 4 aliphatic rings. The van der Waals surface area contributed by atoms with Crippen LogP contribution < -0.4 is 10.2 Å². The molecule has 2 aromatic rings. The van der Waals surface area contributed by atoms with Gasteiger partial charge in [-0.3, -0.25) is 14.5 Å². The van der Waals surface area contributed by atoms with Crippen LogP contribution in [-0.4, -0.2) is 22.8 Å². The minimum absolute atomic E-state index is 0.0897. The van der Waals surface area contributed by atoms with Gasteiger partial charge in [-0.2, -0.15) is 13.2 Å². The lowest BCUT2D eigenvalue weighted by molar-refractivity contribution is -0.137. The molecule has 1 N–H and O–H groups in total. The highest BCUT2D eigenvalue weighted by Crippen LogP contribution is 2.53. The van der Waals surface area contributed by atoms with Crippen LogP contribution in [0.5, 0.6) is 0 Å². The van der Waals surface area contributed by atoms with Crippen molar-refractivity contribution in [2.45, 2.75) is 51.2 Å². The summed E-state index contributed by atoms with van der Waals surface area (Å²) in [4.78, 5) is 30.4. The number of aromatic nitrogens is 1. The Kier molecular flexibility index (Phi) is 6.00. The zero-order chi connectivity index (χ0) is 24.0. The van der Waals surface area contributed by atoms with Crippen LogP contribution in [0.15, 0.2) is 35.7 Å². The number of hydrogen-bond acceptors (Lipinski definition) is 4. The number of halogens is 3. The summed E-state index contributed by atoms with van der Waals surface area (Å²) in [5.74, 6) is 2.21. The van der Waals surface area contributed by atoms with Gasteiger partial charge in [0.15, 0.2) is 5.13 Å². The lowest BCUT2D eigenvalue weighted by Gasteiger charge is -2.54. The van der Waals surface area contributed by atoms with Gasteiger partial charge in [-0.1, -0.05) is 6.07 Å². The zero-order valence-corrected chi connectivity index (χ0v) is 19.5. The van der Waals surface area contributed by atoms with Crippen molar-refractivity contribution in [3.05, 3.63) is 47.0 Å². The summed E-state index contributed by atoms with van der Waals surface area (Å²) >= 11 is 1.13. The van der Waals surface area contributed by atoms with Gasteiger partial charge in [0, 0.05) is 24.4 Å². The fourth-order valence-electron chi connectivity index (χ4n) is 6.24. The second kappa shape index (κ2) is 8.83. The van der Waals surface area contributed by atoms with E-state index in [0.29, 0.717) is 17.5 Å². The fraction of sp³-hybridized carbons (Fsp3) is 0.480. The summed E-state index contributed by atoms with van der Waals surface area (Å²) in [6.07, 6.45) is 4.74. The van der Waals surface area contributed by atoms with Crippen LogP contribution in [0.3, 0.4) is 0 Å². The van der Waals surface area contributed by atoms with E-state index < -0.39 is 17.6 Å². The van der Waals surface area contributed by atoms with Crippen molar-refractivity contribution < 1.29 is 22.8 Å². The van der Waals surface area contributed by atoms with Crippen LogP contribution in [0, 0.1) is 23.7 Å². The molecule has 5 nitrogen and oxygen atoms in total. The second-order valence-corrected chi connectivity index (χ2v) is 10.6. The Bertz CT molecular complexity index is 1100. The van der Waals surface area contributed by atoms with Gasteiger partial charge in [0.2, 0.25) is 11.8 Å². The van der Waals surface area contributed by atoms with E-state index in [9.17, 15) is 22.8 Å². The Balaban J connectivity index is 1.27. The molecular formula is C25H26F3N3O2S. The first-order chi connectivity index (χ1) is 16.2. The van der Waals surface area contributed by atoms with Crippen LogP contribution >= 0.6 is 11.3 Å². The molecule has 34 heavy (non-hydrogen) atoms. The lowest BCUT2D eigenvalue weighted by atomic mass is 9.54. The predicted molar refractivity (Wildman–Crippen MR) is 124 cm³/mol. The van der Waals surface area contributed by atoms with Crippen LogP contribution in [0.4, 0.5) is 24.0 Å². The number of nitrogens with zero attached hydrogens (tertiary/aromatic N) is 2. The minimum Gasteiger partial charge on any atom is -0.349 e. The Labute approximate surface area is 200 Å². The van der Waals surface area contributed by atoms with Gasteiger partial charge in [-0.25, -0.2) is 4.98 Å². The SMILES string of the molecule is CC(=O)N(c1cccc(C(F)(F)F)c1)c1nc(/C=C/C(=O)NC2C3CC4CC(C3)CC2C4)cs1. The van der Waals surface area contributed by atoms with Crippen molar-refractivity contribution in [1.82, 2.24) is 10.3 Å².